The van der Waals surface area contributed by atoms with Crippen LogP contribution in [-0.4, -0.2) is 16.9 Å². The molecule has 1 unspecified atom stereocenters. The van der Waals surface area contributed by atoms with E-state index in [4.69, 9.17) is 5.73 Å². The molecule has 1 aromatic heterocycles. The number of aromatic nitrogens is 1. The van der Waals surface area contributed by atoms with Gasteiger partial charge >= 0.3 is 0 Å². The van der Waals surface area contributed by atoms with Crippen LogP contribution in [0.4, 0.5) is 0 Å². The maximum absolute atomic E-state index is 11.7. The molecule has 0 saturated heterocycles. The molecule has 3 N–H and O–H groups in total. The minimum Gasteiger partial charge on any atom is -0.346 e. The molecule has 0 aliphatic heterocycles. The van der Waals surface area contributed by atoms with Gasteiger partial charge in [-0.15, -0.1) is 11.3 Å². The van der Waals surface area contributed by atoms with E-state index in [2.05, 4.69) is 24.1 Å². The lowest BCUT2D eigenvalue weighted by molar-refractivity contribution is -0.123. The van der Waals surface area contributed by atoms with Crippen LogP contribution in [0.2, 0.25) is 0 Å². The second kappa shape index (κ2) is 5.96. The van der Waals surface area contributed by atoms with Gasteiger partial charge in [0, 0.05) is 11.6 Å². The topological polar surface area (TPSA) is 68.0 Å². The Kier molecular flexibility index (Phi) is 4.89. The molecular formula is C11H19N3OS. The van der Waals surface area contributed by atoms with E-state index in [-0.39, 0.29) is 11.9 Å². The van der Waals surface area contributed by atoms with Crippen molar-refractivity contribution in [1.82, 2.24) is 10.3 Å². The first-order valence-electron chi connectivity index (χ1n) is 5.46. The highest BCUT2D eigenvalue weighted by Gasteiger charge is 2.18. The van der Waals surface area contributed by atoms with Crippen LogP contribution in [0.3, 0.4) is 0 Å². The van der Waals surface area contributed by atoms with E-state index >= 15 is 0 Å². The number of nitrogens with one attached hydrogen (secondary N) is 1. The maximum atomic E-state index is 11.7. The van der Waals surface area contributed by atoms with Crippen LogP contribution in [0.1, 0.15) is 38.2 Å². The first-order valence-corrected chi connectivity index (χ1v) is 6.34. The average Bonchev–Trinajstić information content (AvgIpc) is 2.68. The molecule has 5 heteroatoms. The zero-order chi connectivity index (χ0) is 12.1. The molecule has 0 radical (unpaired) electrons. The van der Waals surface area contributed by atoms with Gasteiger partial charge in [-0.1, -0.05) is 13.8 Å². The summed E-state index contributed by atoms with van der Waals surface area (Å²) in [5, 5.41) is 5.67. The van der Waals surface area contributed by atoms with Gasteiger partial charge in [-0.05, 0) is 19.3 Å². The van der Waals surface area contributed by atoms with Gasteiger partial charge in [0.2, 0.25) is 5.91 Å². The standard InChI is InChI=1S/C11H19N3OS/c1-7(2)6-9(12)10(15)14-8(3)11-13-4-5-16-11/h4-5,7-9H,6,12H2,1-3H3,(H,14,15)/t8?,9-/m1/s1. The molecule has 90 valence electrons. The largest absolute Gasteiger partial charge is 0.346 e. The van der Waals surface area contributed by atoms with Gasteiger partial charge in [0.05, 0.1) is 12.1 Å². The van der Waals surface area contributed by atoms with Crippen LogP contribution in [0.15, 0.2) is 11.6 Å². The minimum atomic E-state index is -0.428. The summed E-state index contributed by atoms with van der Waals surface area (Å²) in [6.07, 6.45) is 2.44. The lowest BCUT2D eigenvalue weighted by Crippen LogP contribution is -2.42. The number of nitrogens with zero attached hydrogens (tertiary/aromatic N) is 1. The van der Waals surface area contributed by atoms with Crippen molar-refractivity contribution < 1.29 is 4.79 Å². The van der Waals surface area contributed by atoms with Gasteiger partial charge in [-0.2, -0.15) is 0 Å². The van der Waals surface area contributed by atoms with Crippen LogP contribution < -0.4 is 11.1 Å². The molecule has 0 bridgehead atoms. The molecule has 1 rings (SSSR count). The SMILES string of the molecule is CC(C)C[C@@H](N)C(=O)NC(C)c1nccs1. The summed E-state index contributed by atoms with van der Waals surface area (Å²) in [6.45, 7) is 6.02. The molecule has 4 nitrogen and oxygen atoms in total. The summed E-state index contributed by atoms with van der Waals surface area (Å²) >= 11 is 1.53. The zero-order valence-corrected chi connectivity index (χ0v) is 10.8. The highest BCUT2D eigenvalue weighted by Crippen LogP contribution is 2.15. The summed E-state index contributed by atoms with van der Waals surface area (Å²) < 4.78 is 0. The number of thiazole rings is 1. The number of rotatable bonds is 5. The molecule has 2 atom stereocenters. The number of nitrogens with two attached hydrogens (primary N) is 1. The van der Waals surface area contributed by atoms with Crippen LogP contribution in [-0.2, 0) is 4.79 Å². The Balaban J connectivity index is 2.45. The fraction of sp³-hybridized carbons (Fsp3) is 0.636. The van der Waals surface area contributed by atoms with Crippen molar-refractivity contribution in [2.24, 2.45) is 11.7 Å². The summed E-state index contributed by atoms with van der Waals surface area (Å²) in [6, 6.07) is -0.492. The van der Waals surface area contributed by atoms with E-state index in [0.29, 0.717) is 12.3 Å². The third-order valence-electron chi connectivity index (χ3n) is 2.24. The van der Waals surface area contributed by atoms with E-state index in [1.807, 2.05) is 12.3 Å². The molecule has 0 fully saturated rings. The minimum absolute atomic E-state index is 0.0642. The fourth-order valence-electron chi connectivity index (χ4n) is 1.45. The zero-order valence-electron chi connectivity index (χ0n) is 9.93. The number of carbonyl (C=O) groups is 1. The average molecular weight is 241 g/mol. The van der Waals surface area contributed by atoms with Crippen molar-refractivity contribution in [3.63, 3.8) is 0 Å². The van der Waals surface area contributed by atoms with Crippen LogP contribution in [0, 0.1) is 5.92 Å². The Morgan fingerprint density at radius 2 is 2.25 bits per heavy atom. The lowest BCUT2D eigenvalue weighted by atomic mass is 10.0. The molecule has 0 aliphatic carbocycles. The Hall–Kier alpha value is -0.940. The highest BCUT2D eigenvalue weighted by atomic mass is 32.1. The highest BCUT2D eigenvalue weighted by molar-refractivity contribution is 7.09. The second-order valence-corrected chi connectivity index (χ2v) is 5.26. The van der Waals surface area contributed by atoms with E-state index in [0.717, 1.165) is 5.01 Å². The van der Waals surface area contributed by atoms with Crippen LogP contribution in [0.5, 0.6) is 0 Å². The Morgan fingerprint density at radius 1 is 1.56 bits per heavy atom. The normalized spacial score (nSPS) is 14.8. The van der Waals surface area contributed by atoms with Gasteiger partial charge < -0.3 is 11.1 Å². The molecular weight excluding hydrogens is 222 g/mol. The second-order valence-electron chi connectivity index (χ2n) is 4.34. The molecule has 1 heterocycles. The third-order valence-corrected chi connectivity index (χ3v) is 3.20. The number of carbonyl (C=O) groups excluding carboxylic acids is 1. The van der Waals surface area contributed by atoms with Crippen molar-refractivity contribution in [3.05, 3.63) is 16.6 Å². The van der Waals surface area contributed by atoms with Gasteiger partial charge in [0.25, 0.3) is 0 Å². The van der Waals surface area contributed by atoms with Crippen LogP contribution in [0.25, 0.3) is 0 Å². The molecule has 0 spiro atoms. The number of hydrogen-bond donors (Lipinski definition) is 2. The smallest absolute Gasteiger partial charge is 0.237 e. The molecule has 0 saturated carbocycles. The summed E-state index contributed by atoms with van der Waals surface area (Å²) in [5.74, 6) is 0.326. The van der Waals surface area contributed by atoms with Gasteiger partial charge in [-0.3, -0.25) is 4.79 Å². The molecule has 16 heavy (non-hydrogen) atoms. The lowest BCUT2D eigenvalue weighted by Gasteiger charge is -2.17. The van der Waals surface area contributed by atoms with Gasteiger partial charge in [0.15, 0.2) is 0 Å². The monoisotopic (exact) mass is 241 g/mol. The van der Waals surface area contributed by atoms with E-state index in [1.165, 1.54) is 11.3 Å². The van der Waals surface area contributed by atoms with Crippen molar-refractivity contribution in [2.45, 2.75) is 39.3 Å². The summed E-state index contributed by atoms with van der Waals surface area (Å²) in [7, 11) is 0. The first kappa shape index (κ1) is 13.1. The predicted molar refractivity (Wildman–Crippen MR) is 66.1 cm³/mol. The van der Waals surface area contributed by atoms with Crippen molar-refractivity contribution >= 4 is 17.2 Å². The molecule has 1 aromatic rings. The maximum Gasteiger partial charge on any atom is 0.237 e. The van der Waals surface area contributed by atoms with Gasteiger partial charge in [0.1, 0.15) is 5.01 Å². The van der Waals surface area contributed by atoms with E-state index in [1.54, 1.807) is 6.20 Å². The Morgan fingerprint density at radius 3 is 2.75 bits per heavy atom. The summed E-state index contributed by atoms with van der Waals surface area (Å²) in [4.78, 5) is 15.9. The molecule has 0 aliphatic rings. The van der Waals surface area contributed by atoms with E-state index in [9.17, 15) is 4.79 Å². The fourth-order valence-corrected chi connectivity index (χ4v) is 2.09. The van der Waals surface area contributed by atoms with E-state index < -0.39 is 6.04 Å². The molecule has 1 amide bonds. The van der Waals surface area contributed by atoms with Crippen molar-refractivity contribution in [3.8, 4) is 0 Å². The Bertz CT molecular complexity index is 324. The van der Waals surface area contributed by atoms with Crippen LogP contribution >= 0.6 is 11.3 Å². The van der Waals surface area contributed by atoms with Crippen molar-refractivity contribution in [2.75, 3.05) is 0 Å². The number of hydrogen-bond acceptors (Lipinski definition) is 4. The summed E-state index contributed by atoms with van der Waals surface area (Å²) in [5.41, 5.74) is 5.79. The third kappa shape index (κ3) is 3.90. The Labute approximate surface area is 100 Å². The first-order chi connectivity index (χ1) is 7.50. The predicted octanol–water partition coefficient (Wildman–Crippen LogP) is 1.69. The number of amides is 1. The molecule has 0 aromatic carbocycles. The quantitative estimate of drug-likeness (QED) is 0.824. The van der Waals surface area contributed by atoms with Crippen molar-refractivity contribution in [1.29, 1.82) is 0 Å². The van der Waals surface area contributed by atoms with Gasteiger partial charge in [-0.25, -0.2) is 4.98 Å².